The van der Waals surface area contributed by atoms with Crippen molar-refractivity contribution in [3.05, 3.63) is 72.1 Å². The standard InChI is InChI=1S/C17H11ClN4/c18-13-5-1-4-8-17(13)22-11-12(9-20-22)16-10-19-14-6-2-3-7-15(14)21-16/h1-11H. The van der Waals surface area contributed by atoms with E-state index in [2.05, 4.69) is 15.1 Å². The van der Waals surface area contributed by atoms with Crippen LogP contribution in [0.15, 0.2) is 67.1 Å². The van der Waals surface area contributed by atoms with Crippen LogP contribution in [0.3, 0.4) is 0 Å². The molecule has 0 radical (unpaired) electrons. The van der Waals surface area contributed by atoms with Gasteiger partial charge in [0.1, 0.15) is 0 Å². The minimum atomic E-state index is 0.654. The third-order valence-electron chi connectivity index (χ3n) is 3.43. The van der Waals surface area contributed by atoms with Gasteiger partial charge in [-0.15, -0.1) is 0 Å². The van der Waals surface area contributed by atoms with E-state index < -0.39 is 0 Å². The Labute approximate surface area is 132 Å². The van der Waals surface area contributed by atoms with Crippen molar-refractivity contribution < 1.29 is 0 Å². The summed E-state index contributed by atoms with van der Waals surface area (Å²) < 4.78 is 1.74. The number of rotatable bonds is 2. The Kier molecular flexibility index (Phi) is 3.09. The van der Waals surface area contributed by atoms with Crippen molar-refractivity contribution in [2.75, 3.05) is 0 Å². The van der Waals surface area contributed by atoms with E-state index in [-0.39, 0.29) is 0 Å². The maximum absolute atomic E-state index is 6.20. The van der Waals surface area contributed by atoms with Gasteiger partial charge in [-0.3, -0.25) is 4.98 Å². The summed E-state index contributed by atoms with van der Waals surface area (Å²) in [5.41, 5.74) is 4.27. The highest BCUT2D eigenvalue weighted by Crippen LogP contribution is 2.23. The van der Waals surface area contributed by atoms with E-state index in [0.29, 0.717) is 5.02 Å². The summed E-state index contributed by atoms with van der Waals surface area (Å²) in [6.45, 7) is 0. The lowest BCUT2D eigenvalue weighted by Crippen LogP contribution is -1.94. The van der Waals surface area contributed by atoms with Crippen molar-refractivity contribution in [2.45, 2.75) is 0 Å². The van der Waals surface area contributed by atoms with Crippen molar-refractivity contribution in [1.29, 1.82) is 0 Å². The van der Waals surface area contributed by atoms with Gasteiger partial charge >= 0.3 is 0 Å². The summed E-state index contributed by atoms with van der Waals surface area (Å²) in [6.07, 6.45) is 5.43. The molecule has 4 rings (SSSR count). The molecule has 2 aromatic heterocycles. The van der Waals surface area contributed by atoms with Crippen LogP contribution in [-0.2, 0) is 0 Å². The molecule has 0 fully saturated rings. The van der Waals surface area contributed by atoms with E-state index in [1.807, 2.05) is 54.7 Å². The second kappa shape index (κ2) is 5.24. The first-order chi connectivity index (χ1) is 10.8. The molecule has 0 spiro atoms. The summed E-state index contributed by atoms with van der Waals surface area (Å²) in [7, 11) is 0. The lowest BCUT2D eigenvalue weighted by molar-refractivity contribution is 0.881. The number of hydrogen-bond donors (Lipinski definition) is 0. The molecular formula is C17H11ClN4. The van der Waals surface area contributed by atoms with E-state index in [0.717, 1.165) is 28.0 Å². The van der Waals surface area contributed by atoms with Gasteiger partial charge in [0.05, 0.1) is 39.8 Å². The van der Waals surface area contributed by atoms with Gasteiger partial charge in [0.2, 0.25) is 0 Å². The number of hydrogen-bond acceptors (Lipinski definition) is 3. The SMILES string of the molecule is Clc1ccccc1-n1cc(-c2cnc3ccccc3n2)cn1. The topological polar surface area (TPSA) is 43.6 Å². The number of nitrogens with zero attached hydrogens (tertiary/aromatic N) is 4. The summed E-state index contributed by atoms with van der Waals surface area (Å²) in [6, 6.07) is 15.4. The largest absolute Gasteiger partial charge is 0.252 e. The third kappa shape index (κ3) is 2.23. The van der Waals surface area contributed by atoms with Gasteiger partial charge in [-0.05, 0) is 24.3 Å². The molecule has 0 unspecified atom stereocenters. The van der Waals surface area contributed by atoms with E-state index >= 15 is 0 Å². The number of aromatic nitrogens is 4. The molecule has 106 valence electrons. The van der Waals surface area contributed by atoms with Crippen molar-refractivity contribution in [3.63, 3.8) is 0 Å². The van der Waals surface area contributed by atoms with Crippen molar-refractivity contribution in [1.82, 2.24) is 19.7 Å². The number of benzene rings is 2. The van der Waals surface area contributed by atoms with Crippen LogP contribution in [0.5, 0.6) is 0 Å². The second-order valence-corrected chi connectivity index (χ2v) is 5.28. The molecule has 0 amide bonds. The molecule has 0 aliphatic carbocycles. The predicted molar refractivity (Wildman–Crippen MR) is 87.1 cm³/mol. The molecule has 2 aromatic carbocycles. The van der Waals surface area contributed by atoms with E-state index in [1.54, 1.807) is 17.1 Å². The van der Waals surface area contributed by atoms with Crippen LogP contribution in [0.4, 0.5) is 0 Å². The number of fused-ring (bicyclic) bond motifs is 1. The van der Waals surface area contributed by atoms with E-state index in [4.69, 9.17) is 11.6 Å². The summed E-state index contributed by atoms with van der Waals surface area (Å²) in [4.78, 5) is 9.06. The Bertz CT molecular complexity index is 961. The smallest absolute Gasteiger partial charge is 0.0924 e. The van der Waals surface area contributed by atoms with Crippen LogP contribution in [0.2, 0.25) is 5.02 Å². The maximum Gasteiger partial charge on any atom is 0.0924 e. The molecule has 2 heterocycles. The van der Waals surface area contributed by atoms with Gasteiger partial charge < -0.3 is 0 Å². The lowest BCUT2D eigenvalue weighted by Gasteiger charge is -2.03. The quantitative estimate of drug-likeness (QED) is 0.559. The van der Waals surface area contributed by atoms with Crippen LogP contribution in [0.25, 0.3) is 28.0 Å². The molecule has 0 bridgehead atoms. The highest BCUT2D eigenvalue weighted by Gasteiger charge is 2.08. The van der Waals surface area contributed by atoms with Gasteiger partial charge in [0.25, 0.3) is 0 Å². The summed E-state index contributed by atoms with van der Waals surface area (Å²) >= 11 is 6.20. The Balaban J connectivity index is 1.78. The molecule has 4 nitrogen and oxygen atoms in total. The lowest BCUT2D eigenvalue weighted by atomic mass is 10.2. The molecule has 0 saturated heterocycles. The maximum atomic E-state index is 6.20. The van der Waals surface area contributed by atoms with Crippen molar-refractivity contribution in [2.24, 2.45) is 0 Å². The van der Waals surface area contributed by atoms with Gasteiger partial charge in [-0.2, -0.15) is 5.10 Å². The molecular weight excluding hydrogens is 296 g/mol. The Morgan fingerprint density at radius 1 is 0.864 bits per heavy atom. The molecule has 0 N–H and O–H groups in total. The minimum absolute atomic E-state index is 0.654. The van der Waals surface area contributed by atoms with Crippen LogP contribution in [-0.4, -0.2) is 19.7 Å². The monoisotopic (exact) mass is 306 g/mol. The Morgan fingerprint density at radius 3 is 2.50 bits per heavy atom. The molecule has 22 heavy (non-hydrogen) atoms. The van der Waals surface area contributed by atoms with Crippen molar-refractivity contribution >= 4 is 22.6 Å². The summed E-state index contributed by atoms with van der Waals surface area (Å²) in [5, 5.41) is 5.02. The van der Waals surface area contributed by atoms with E-state index in [9.17, 15) is 0 Å². The zero-order valence-electron chi connectivity index (χ0n) is 11.5. The van der Waals surface area contributed by atoms with Gasteiger partial charge in [0.15, 0.2) is 0 Å². The van der Waals surface area contributed by atoms with Crippen LogP contribution < -0.4 is 0 Å². The van der Waals surface area contributed by atoms with Crippen LogP contribution >= 0.6 is 11.6 Å². The van der Waals surface area contributed by atoms with E-state index in [1.165, 1.54) is 0 Å². The van der Waals surface area contributed by atoms with Gasteiger partial charge in [-0.1, -0.05) is 35.9 Å². The fraction of sp³-hybridized carbons (Fsp3) is 0. The molecule has 4 aromatic rings. The third-order valence-corrected chi connectivity index (χ3v) is 3.75. The predicted octanol–water partition coefficient (Wildman–Crippen LogP) is 4.14. The Morgan fingerprint density at radius 2 is 1.64 bits per heavy atom. The molecule has 0 aliphatic rings. The van der Waals surface area contributed by atoms with Gasteiger partial charge in [0, 0.05) is 11.8 Å². The first-order valence-corrected chi connectivity index (χ1v) is 7.21. The fourth-order valence-corrected chi connectivity index (χ4v) is 2.54. The highest BCUT2D eigenvalue weighted by molar-refractivity contribution is 6.32. The first kappa shape index (κ1) is 13.0. The molecule has 0 aliphatic heterocycles. The highest BCUT2D eigenvalue weighted by atomic mass is 35.5. The van der Waals surface area contributed by atoms with Gasteiger partial charge in [-0.25, -0.2) is 9.67 Å². The minimum Gasteiger partial charge on any atom is -0.252 e. The first-order valence-electron chi connectivity index (χ1n) is 6.83. The molecule has 5 heteroatoms. The van der Waals surface area contributed by atoms with Crippen LogP contribution in [0, 0.1) is 0 Å². The normalized spacial score (nSPS) is 11.0. The average molecular weight is 307 g/mol. The fourth-order valence-electron chi connectivity index (χ4n) is 2.32. The summed E-state index contributed by atoms with van der Waals surface area (Å²) in [5.74, 6) is 0. The zero-order valence-corrected chi connectivity index (χ0v) is 12.3. The second-order valence-electron chi connectivity index (χ2n) is 4.87. The van der Waals surface area contributed by atoms with Crippen molar-refractivity contribution in [3.8, 4) is 16.9 Å². The number of para-hydroxylation sites is 3. The average Bonchev–Trinajstić information content (AvgIpc) is 3.04. The Hall–Kier alpha value is -2.72. The molecule has 0 atom stereocenters. The zero-order chi connectivity index (χ0) is 14.9. The van der Waals surface area contributed by atoms with Crippen LogP contribution in [0.1, 0.15) is 0 Å². The number of halogens is 1. The molecule has 0 saturated carbocycles.